The molecule has 0 spiro atoms. The van der Waals surface area contributed by atoms with E-state index in [2.05, 4.69) is 0 Å². The van der Waals surface area contributed by atoms with Gasteiger partial charge >= 0.3 is 6.18 Å². The van der Waals surface area contributed by atoms with Crippen LogP contribution in [0.4, 0.5) is 13.2 Å². The van der Waals surface area contributed by atoms with Gasteiger partial charge in [-0.05, 0) is 36.8 Å². The molecular formula is C17H16F3NO. The van der Waals surface area contributed by atoms with Crippen molar-refractivity contribution >= 4 is 5.91 Å². The Balaban J connectivity index is 2.17. The number of amides is 1. The first-order valence-electron chi connectivity index (χ1n) is 6.80. The van der Waals surface area contributed by atoms with E-state index in [4.69, 9.17) is 0 Å². The van der Waals surface area contributed by atoms with E-state index in [1.807, 2.05) is 37.3 Å². The van der Waals surface area contributed by atoms with Crippen LogP contribution in [0.15, 0.2) is 54.6 Å². The molecule has 1 unspecified atom stereocenters. The molecule has 0 N–H and O–H groups in total. The Labute approximate surface area is 127 Å². The Morgan fingerprint density at radius 2 is 1.55 bits per heavy atom. The monoisotopic (exact) mass is 307 g/mol. The van der Waals surface area contributed by atoms with Crippen LogP contribution < -0.4 is 0 Å². The summed E-state index contributed by atoms with van der Waals surface area (Å²) in [7, 11) is 1.64. The lowest BCUT2D eigenvalue weighted by Gasteiger charge is -2.25. The van der Waals surface area contributed by atoms with Crippen molar-refractivity contribution in [1.29, 1.82) is 0 Å². The lowest BCUT2D eigenvalue weighted by atomic mass is 10.1. The van der Waals surface area contributed by atoms with Gasteiger partial charge < -0.3 is 4.90 Å². The fourth-order valence-electron chi connectivity index (χ4n) is 2.14. The van der Waals surface area contributed by atoms with Gasteiger partial charge in [0, 0.05) is 12.6 Å². The summed E-state index contributed by atoms with van der Waals surface area (Å²) in [5, 5.41) is 0. The molecule has 2 aromatic carbocycles. The van der Waals surface area contributed by atoms with Crippen molar-refractivity contribution < 1.29 is 18.0 Å². The summed E-state index contributed by atoms with van der Waals surface area (Å²) >= 11 is 0. The van der Waals surface area contributed by atoms with Gasteiger partial charge in [0.05, 0.1) is 11.6 Å². The second kappa shape index (κ2) is 6.22. The third kappa shape index (κ3) is 3.47. The van der Waals surface area contributed by atoms with Crippen LogP contribution in [0.25, 0.3) is 0 Å². The van der Waals surface area contributed by atoms with Crippen molar-refractivity contribution in [2.24, 2.45) is 0 Å². The summed E-state index contributed by atoms with van der Waals surface area (Å²) in [6.07, 6.45) is -4.40. The van der Waals surface area contributed by atoms with E-state index < -0.39 is 11.7 Å². The summed E-state index contributed by atoms with van der Waals surface area (Å²) in [4.78, 5) is 13.9. The van der Waals surface area contributed by atoms with Gasteiger partial charge in [0.25, 0.3) is 5.91 Å². The maximum Gasteiger partial charge on any atom is 0.416 e. The largest absolute Gasteiger partial charge is 0.416 e. The smallest absolute Gasteiger partial charge is 0.335 e. The maximum atomic E-state index is 12.5. The molecule has 0 bridgehead atoms. The van der Waals surface area contributed by atoms with Crippen molar-refractivity contribution in [1.82, 2.24) is 4.90 Å². The number of nitrogens with zero attached hydrogens (tertiary/aromatic N) is 1. The number of alkyl halides is 3. The van der Waals surface area contributed by atoms with Gasteiger partial charge in [0.1, 0.15) is 0 Å². The van der Waals surface area contributed by atoms with Gasteiger partial charge in [-0.25, -0.2) is 0 Å². The van der Waals surface area contributed by atoms with Gasteiger partial charge in [-0.2, -0.15) is 13.2 Å². The predicted octanol–water partition coefficient (Wildman–Crippen LogP) is 4.54. The van der Waals surface area contributed by atoms with Crippen LogP contribution in [0.5, 0.6) is 0 Å². The van der Waals surface area contributed by atoms with Gasteiger partial charge in [-0.1, -0.05) is 30.3 Å². The minimum Gasteiger partial charge on any atom is -0.335 e. The first kappa shape index (κ1) is 16.1. The molecule has 0 radical (unpaired) electrons. The molecule has 0 saturated heterocycles. The highest BCUT2D eigenvalue weighted by atomic mass is 19.4. The Bertz CT molecular complexity index is 635. The van der Waals surface area contributed by atoms with Crippen molar-refractivity contribution in [2.45, 2.75) is 19.1 Å². The molecule has 2 aromatic rings. The second-order valence-corrected chi connectivity index (χ2v) is 5.08. The molecular weight excluding hydrogens is 291 g/mol. The molecule has 2 rings (SSSR count). The quantitative estimate of drug-likeness (QED) is 0.815. The summed E-state index contributed by atoms with van der Waals surface area (Å²) in [6, 6.07) is 13.5. The molecule has 1 atom stereocenters. The molecule has 22 heavy (non-hydrogen) atoms. The third-order valence-electron chi connectivity index (χ3n) is 3.64. The standard InChI is InChI=1S/C17H16F3NO/c1-12(13-6-4-3-5-7-13)21(2)16(22)14-8-10-15(11-9-14)17(18,19)20/h3-12H,1-2H3. The number of rotatable bonds is 3. The lowest BCUT2D eigenvalue weighted by molar-refractivity contribution is -0.137. The van der Waals surface area contributed by atoms with Gasteiger partial charge in [0.2, 0.25) is 0 Å². The minimum absolute atomic E-state index is 0.170. The molecule has 0 aromatic heterocycles. The molecule has 0 aliphatic carbocycles. The van der Waals surface area contributed by atoms with E-state index in [1.165, 1.54) is 17.0 Å². The van der Waals surface area contributed by atoms with Crippen LogP contribution in [-0.2, 0) is 6.18 Å². The fourth-order valence-corrected chi connectivity index (χ4v) is 2.14. The lowest BCUT2D eigenvalue weighted by Crippen LogP contribution is -2.29. The van der Waals surface area contributed by atoms with E-state index in [-0.39, 0.29) is 17.5 Å². The summed E-state index contributed by atoms with van der Waals surface area (Å²) in [5.74, 6) is -0.315. The molecule has 0 fully saturated rings. The Morgan fingerprint density at radius 3 is 2.05 bits per heavy atom. The summed E-state index contributed by atoms with van der Waals surface area (Å²) < 4.78 is 37.6. The Kier molecular flexibility index (Phi) is 4.54. The molecule has 2 nitrogen and oxygen atoms in total. The van der Waals surface area contributed by atoms with Crippen LogP contribution >= 0.6 is 0 Å². The first-order valence-corrected chi connectivity index (χ1v) is 6.80. The van der Waals surface area contributed by atoms with Crippen molar-refractivity contribution in [3.63, 3.8) is 0 Å². The van der Waals surface area contributed by atoms with E-state index in [0.717, 1.165) is 17.7 Å². The molecule has 0 saturated carbocycles. The van der Waals surface area contributed by atoms with Crippen LogP contribution in [0.2, 0.25) is 0 Å². The predicted molar refractivity (Wildman–Crippen MR) is 78.4 cm³/mol. The van der Waals surface area contributed by atoms with Crippen molar-refractivity contribution in [2.75, 3.05) is 7.05 Å². The average Bonchev–Trinajstić information content (AvgIpc) is 2.53. The molecule has 116 valence electrons. The number of benzene rings is 2. The molecule has 0 aliphatic rings. The molecule has 0 heterocycles. The number of halogens is 3. The molecule has 1 amide bonds. The van der Waals surface area contributed by atoms with Crippen LogP contribution in [0, 0.1) is 0 Å². The van der Waals surface area contributed by atoms with E-state index in [9.17, 15) is 18.0 Å². The van der Waals surface area contributed by atoms with Gasteiger partial charge in [-0.3, -0.25) is 4.79 Å². The zero-order valence-electron chi connectivity index (χ0n) is 12.3. The fraction of sp³-hybridized carbons (Fsp3) is 0.235. The highest BCUT2D eigenvalue weighted by Gasteiger charge is 2.30. The zero-order valence-corrected chi connectivity index (χ0v) is 12.3. The number of hydrogen-bond donors (Lipinski definition) is 0. The van der Waals surface area contributed by atoms with E-state index >= 15 is 0 Å². The van der Waals surface area contributed by atoms with Crippen LogP contribution in [0.3, 0.4) is 0 Å². The van der Waals surface area contributed by atoms with E-state index in [0.29, 0.717) is 0 Å². The first-order chi connectivity index (χ1) is 10.3. The zero-order chi connectivity index (χ0) is 16.3. The highest BCUT2D eigenvalue weighted by Crippen LogP contribution is 2.29. The maximum absolute atomic E-state index is 12.5. The third-order valence-corrected chi connectivity index (χ3v) is 3.64. The van der Waals surface area contributed by atoms with Gasteiger partial charge in [-0.15, -0.1) is 0 Å². The number of carbonyl (C=O) groups is 1. The second-order valence-electron chi connectivity index (χ2n) is 5.08. The molecule has 0 aliphatic heterocycles. The Hall–Kier alpha value is -2.30. The number of hydrogen-bond acceptors (Lipinski definition) is 1. The van der Waals surface area contributed by atoms with Gasteiger partial charge in [0.15, 0.2) is 0 Å². The highest BCUT2D eigenvalue weighted by molar-refractivity contribution is 5.94. The number of carbonyl (C=O) groups excluding carboxylic acids is 1. The molecule has 5 heteroatoms. The average molecular weight is 307 g/mol. The van der Waals surface area contributed by atoms with Crippen LogP contribution in [0.1, 0.15) is 34.5 Å². The van der Waals surface area contributed by atoms with Crippen molar-refractivity contribution in [3.05, 3.63) is 71.3 Å². The van der Waals surface area contributed by atoms with Crippen LogP contribution in [-0.4, -0.2) is 17.9 Å². The Morgan fingerprint density at radius 1 is 1.00 bits per heavy atom. The summed E-state index contributed by atoms with van der Waals surface area (Å²) in [5.41, 5.74) is 0.436. The minimum atomic E-state index is -4.40. The van der Waals surface area contributed by atoms with E-state index in [1.54, 1.807) is 7.05 Å². The normalized spacial score (nSPS) is 12.8. The SMILES string of the molecule is CC(c1ccccc1)N(C)C(=O)c1ccc(C(F)(F)F)cc1. The topological polar surface area (TPSA) is 20.3 Å². The summed E-state index contributed by atoms with van der Waals surface area (Å²) in [6.45, 7) is 1.87. The van der Waals surface area contributed by atoms with Crippen molar-refractivity contribution in [3.8, 4) is 0 Å².